The molecular formula is C20H17Cl2N3O3. The molecule has 0 bridgehead atoms. The van der Waals surface area contributed by atoms with Crippen LogP contribution in [0.4, 0.5) is 5.69 Å². The number of carbonyl (C=O) groups excluding carboxylic acids is 2. The Hall–Kier alpha value is -2.70. The van der Waals surface area contributed by atoms with E-state index >= 15 is 0 Å². The number of nitrogen functional groups attached to an aromatic ring is 1. The van der Waals surface area contributed by atoms with Gasteiger partial charge in [-0.2, -0.15) is 0 Å². The number of hydrogen-bond donors (Lipinski definition) is 3. The van der Waals surface area contributed by atoms with E-state index in [0.29, 0.717) is 26.9 Å². The predicted molar refractivity (Wildman–Crippen MR) is 109 cm³/mol. The summed E-state index contributed by atoms with van der Waals surface area (Å²) in [6, 6.07) is 11.2. The molecule has 0 spiro atoms. The molecule has 3 aromatic rings. The van der Waals surface area contributed by atoms with Gasteiger partial charge in [0, 0.05) is 28.1 Å². The van der Waals surface area contributed by atoms with Gasteiger partial charge in [0.2, 0.25) is 0 Å². The van der Waals surface area contributed by atoms with Crippen molar-refractivity contribution < 1.29 is 14.0 Å². The zero-order valence-corrected chi connectivity index (χ0v) is 16.2. The number of carbonyl (C=O) groups is 2. The van der Waals surface area contributed by atoms with Crippen LogP contribution in [0.2, 0.25) is 10.0 Å². The van der Waals surface area contributed by atoms with Crippen molar-refractivity contribution in [2.45, 2.75) is 24.9 Å². The second kappa shape index (κ2) is 7.37. The van der Waals surface area contributed by atoms with Crippen molar-refractivity contribution in [1.29, 1.82) is 0 Å². The fourth-order valence-corrected chi connectivity index (χ4v) is 3.45. The molecule has 2 aromatic carbocycles. The van der Waals surface area contributed by atoms with E-state index in [-0.39, 0.29) is 29.7 Å². The third-order valence-electron chi connectivity index (χ3n) is 4.87. The summed E-state index contributed by atoms with van der Waals surface area (Å²) in [5, 5.41) is 7.56. The molecule has 0 aliphatic heterocycles. The van der Waals surface area contributed by atoms with Crippen molar-refractivity contribution in [2.24, 2.45) is 0 Å². The van der Waals surface area contributed by atoms with Crippen molar-refractivity contribution in [1.82, 2.24) is 10.6 Å². The summed E-state index contributed by atoms with van der Waals surface area (Å²) < 4.78 is 5.58. The van der Waals surface area contributed by atoms with Crippen LogP contribution in [0.3, 0.4) is 0 Å². The Balaban J connectivity index is 1.40. The Morgan fingerprint density at radius 2 is 1.68 bits per heavy atom. The third-order valence-corrected chi connectivity index (χ3v) is 5.45. The Morgan fingerprint density at radius 1 is 0.964 bits per heavy atom. The normalized spacial score (nSPS) is 18.5. The molecule has 144 valence electrons. The third kappa shape index (κ3) is 3.66. The van der Waals surface area contributed by atoms with E-state index in [9.17, 15) is 9.59 Å². The zero-order chi connectivity index (χ0) is 19.8. The Bertz CT molecular complexity index is 1080. The molecule has 4 rings (SSSR count). The first-order valence-electron chi connectivity index (χ1n) is 8.76. The summed E-state index contributed by atoms with van der Waals surface area (Å²) in [6.45, 7) is 0. The average Bonchev–Trinajstić information content (AvgIpc) is 3.08. The molecule has 0 unspecified atom stereocenters. The number of halogens is 2. The van der Waals surface area contributed by atoms with Gasteiger partial charge in [-0.3, -0.25) is 9.59 Å². The molecule has 8 heteroatoms. The number of furan rings is 1. The monoisotopic (exact) mass is 417 g/mol. The number of fused-ring (bicyclic) bond motifs is 1. The lowest BCUT2D eigenvalue weighted by molar-refractivity contribution is 0.0815. The van der Waals surface area contributed by atoms with E-state index in [1.165, 1.54) is 6.07 Å². The minimum atomic E-state index is -0.327. The van der Waals surface area contributed by atoms with Gasteiger partial charge in [0.05, 0.1) is 10.7 Å². The van der Waals surface area contributed by atoms with Crippen LogP contribution in [-0.2, 0) is 0 Å². The lowest BCUT2D eigenvalue weighted by Gasteiger charge is -2.37. The Morgan fingerprint density at radius 3 is 2.36 bits per heavy atom. The highest BCUT2D eigenvalue weighted by atomic mass is 35.5. The number of benzene rings is 2. The van der Waals surface area contributed by atoms with Crippen LogP contribution >= 0.6 is 23.2 Å². The minimum absolute atomic E-state index is 0.160. The topological polar surface area (TPSA) is 97.4 Å². The molecule has 2 atom stereocenters. The van der Waals surface area contributed by atoms with Crippen molar-refractivity contribution in [3.8, 4) is 0 Å². The van der Waals surface area contributed by atoms with E-state index in [0.717, 1.165) is 18.2 Å². The van der Waals surface area contributed by atoms with Crippen molar-refractivity contribution in [3.05, 3.63) is 63.8 Å². The number of nitrogens with two attached hydrogens (primary N) is 1. The van der Waals surface area contributed by atoms with Gasteiger partial charge < -0.3 is 20.8 Å². The van der Waals surface area contributed by atoms with Crippen LogP contribution in [0.1, 0.15) is 33.8 Å². The average molecular weight is 418 g/mol. The van der Waals surface area contributed by atoms with Gasteiger partial charge in [-0.05, 0) is 55.3 Å². The second-order valence-corrected chi connectivity index (χ2v) is 7.61. The van der Waals surface area contributed by atoms with Gasteiger partial charge in [0.1, 0.15) is 5.58 Å². The van der Waals surface area contributed by atoms with Crippen LogP contribution in [-0.4, -0.2) is 23.9 Å². The Labute approximate surface area is 171 Å². The van der Waals surface area contributed by atoms with Crippen molar-refractivity contribution >= 4 is 51.7 Å². The number of rotatable bonds is 4. The molecule has 0 radical (unpaired) electrons. The molecule has 1 aliphatic rings. The second-order valence-electron chi connectivity index (χ2n) is 6.77. The zero-order valence-electron chi connectivity index (χ0n) is 14.7. The van der Waals surface area contributed by atoms with E-state index in [1.807, 2.05) is 0 Å². The lowest BCUT2D eigenvalue weighted by Crippen LogP contribution is -2.58. The Kier molecular flexibility index (Phi) is 4.91. The summed E-state index contributed by atoms with van der Waals surface area (Å²) >= 11 is 11.8. The highest BCUT2D eigenvalue weighted by Gasteiger charge is 2.34. The summed E-state index contributed by atoms with van der Waals surface area (Å²) in [5.41, 5.74) is 7.11. The maximum absolute atomic E-state index is 12.5. The molecule has 1 saturated carbocycles. The van der Waals surface area contributed by atoms with Crippen LogP contribution in [0.15, 0.2) is 46.9 Å². The first-order chi connectivity index (χ1) is 13.4. The maximum Gasteiger partial charge on any atom is 0.287 e. The quantitative estimate of drug-likeness (QED) is 0.558. The van der Waals surface area contributed by atoms with E-state index in [2.05, 4.69) is 10.6 Å². The van der Waals surface area contributed by atoms with Gasteiger partial charge in [-0.1, -0.05) is 23.2 Å². The smallest absolute Gasteiger partial charge is 0.287 e. The molecule has 4 N–H and O–H groups in total. The highest BCUT2D eigenvalue weighted by Crippen LogP contribution is 2.25. The first kappa shape index (κ1) is 18.7. The van der Waals surface area contributed by atoms with E-state index in [4.69, 9.17) is 33.4 Å². The molecular weight excluding hydrogens is 401 g/mol. The van der Waals surface area contributed by atoms with Gasteiger partial charge in [-0.15, -0.1) is 0 Å². The van der Waals surface area contributed by atoms with Crippen molar-refractivity contribution in [3.63, 3.8) is 0 Å². The fourth-order valence-electron chi connectivity index (χ4n) is 3.15. The minimum Gasteiger partial charge on any atom is -0.451 e. The van der Waals surface area contributed by atoms with Gasteiger partial charge in [0.15, 0.2) is 5.76 Å². The molecule has 28 heavy (non-hydrogen) atoms. The first-order valence-corrected chi connectivity index (χ1v) is 9.52. The van der Waals surface area contributed by atoms with E-state index in [1.54, 1.807) is 36.4 Å². The molecule has 6 nitrogen and oxygen atoms in total. The van der Waals surface area contributed by atoms with Crippen LogP contribution in [0, 0.1) is 0 Å². The van der Waals surface area contributed by atoms with Crippen LogP contribution in [0.25, 0.3) is 11.0 Å². The van der Waals surface area contributed by atoms with Crippen molar-refractivity contribution in [2.75, 3.05) is 5.73 Å². The SMILES string of the molecule is Nc1cc(C(=O)N[C@@H]2CC[C@@H]2NC(=O)c2cc3cc(Cl)ccc3o2)ccc1Cl. The lowest BCUT2D eigenvalue weighted by atomic mass is 9.86. The number of hydrogen-bond acceptors (Lipinski definition) is 4. The molecule has 1 fully saturated rings. The largest absolute Gasteiger partial charge is 0.451 e. The summed E-state index contributed by atoms with van der Waals surface area (Å²) in [6.07, 6.45) is 1.54. The highest BCUT2D eigenvalue weighted by molar-refractivity contribution is 6.33. The number of nitrogens with one attached hydrogen (secondary N) is 2. The standard InChI is InChI=1S/C20H17Cl2N3O3/c21-12-2-6-17-11(7-12)9-18(28-17)20(27)25-16-5-4-15(16)24-19(26)10-1-3-13(22)14(23)8-10/h1-3,6-9,15-16H,4-5,23H2,(H,24,26)(H,25,27)/t15-,16+/m1/s1. The molecule has 0 saturated heterocycles. The van der Waals surface area contributed by atoms with Gasteiger partial charge in [0.25, 0.3) is 11.8 Å². The molecule has 1 heterocycles. The van der Waals surface area contributed by atoms with Crippen LogP contribution < -0.4 is 16.4 Å². The van der Waals surface area contributed by atoms with Gasteiger partial charge in [-0.25, -0.2) is 0 Å². The number of anilines is 1. The summed E-state index contributed by atoms with van der Waals surface area (Å²) in [7, 11) is 0. The molecule has 1 aromatic heterocycles. The summed E-state index contributed by atoms with van der Waals surface area (Å²) in [4.78, 5) is 24.9. The number of amides is 2. The molecule has 1 aliphatic carbocycles. The van der Waals surface area contributed by atoms with Gasteiger partial charge >= 0.3 is 0 Å². The summed E-state index contributed by atoms with van der Waals surface area (Å²) in [5.74, 6) is -0.377. The fraction of sp³-hybridized carbons (Fsp3) is 0.200. The predicted octanol–water partition coefficient (Wildman–Crippen LogP) is 4.01. The maximum atomic E-state index is 12.5. The van der Waals surface area contributed by atoms with Crippen LogP contribution in [0.5, 0.6) is 0 Å². The van der Waals surface area contributed by atoms with E-state index < -0.39 is 0 Å². The molecule has 2 amide bonds.